The van der Waals surface area contributed by atoms with E-state index in [0.29, 0.717) is 13.0 Å². The first-order chi connectivity index (χ1) is 12.2. The normalized spacial score (nSPS) is 17.6. The maximum absolute atomic E-state index is 12.5. The van der Waals surface area contributed by atoms with Crippen LogP contribution in [0.3, 0.4) is 0 Å². The number of hydrogen-bond acceptors (Lipinski definition) is 4. The fraction of sp³-hybridized carbons (Fsp3) is 0.263. The van der Waals surface area contributed by atoms with E-state index in [1.54, 1.807) is 0 Å². The summed E-state index contributed by atoms with van der Waals surface area (Å²) in [5.74, 6) is 0.790. The Kier molecular flexibility index (Phi) is 4.01. The number of benzene rings is 2. The second-order valence-corrected chi connectivity index (χ2v) is 6.12. The fourth-order valence-corrected chi connectivity index (χ4v) is 3.19. The van der Waals surface area contributed by atoms with Crippen LogP contribution in [0.25, 0.3) is 0 Å². The van der Waals surface area contributed by atoms with E-state index in [1.807, 2.05) is 42.5 Å². The van der Waals surface area contributed by atoms with Gasteiger partial charge in [-0.05, 0) is 35.7 Å². The van der Waals surface area contributed by atoms with E-state index < -0.39 is 5.92 Å². The zero-order valence-corrected chi connectivity index (χ0v) is 13.6. The highest BCUT2D eigenvalue weighted by molar-refractivity contribution is 6.01. The molecule has 6 heteroatoms. The third-order valence-electron chi connectivity index (χ3n) is 4.47. The average Bonchev–Trinajstić information content (AvgIpc) is 3.08. The average molecular weight is 338 g/mol. The van der Waals surface area contributed by atoms with E-state index in [2.05, 4.69) is 10.6 Å². The lowest BCUT2D eigenvalue weighted by Gasteiger charge is -2.24. The smallest absolute Gasteiger partial charge is 0.231 e. The Bertz CT molecular complexity index is 834. The summed E-state index contributed by atoms with van der Waals surface area (Å²) in [7, 11) is 0. The fourth-order valence-electron chi connectivity index (χ4n) is 3.19. The van der Waals surface area contributed by atoms with E-state index >= 15 is 0 Å². The molecule has 0 bridgehead atoms. The molecule has 2 aliphatic heterocycles. The van der Waals surface area contributed by atoms with Crippen molar-refractivity contribution in [2.75, 3.05) is 18.7 Å². The van der Waals surface area contributed by atoms with Crippen LogP contribution in [0.1, 0.15) is 23.5 Å². The summed E-state index contributed by atoms with van der Waals surface area (Å²) < 4.78 is 10.6. The van der Waals surface area contributed by atoms with Crippen LogP contribution < -0.4 is 20.1 Å². The summed E-state index contributed by atoms with van der Waals surface area (Å²) in [6.45, 7) is 0.747. The van der Waals surface area contributed by atoms with E-state index in [1.165, 1.54) is 0 Å². The van der Waals surface area contributed by atoms with E-state index in [0.717, 1.165) is 28.3 Å². The minimum absolute atomic E-state index is 0.122. The Labute approximate surface area is 145 Å². The topological polar surface area (TPSA) is 76.7 Å². The van der Waals surface area contributed by atoms with Gasteiger partial charge >= 0.3 is 0 Å². The number of anilines is 1. The Morgan fingerprint density at radius 1 is 1.16 bits per heavy atom. The van der Waals surface area contributed by atoms with E-state index in [9.17, 15) is 9.59 Å². The van der Waals surface area contributed by atoms with Crippen molar-refractivity contribution in [1.29, 1.82) is 0 Å². The Morgan fingerprint density at radius 2 is 2.00 bits per heavy atom. The number of carbonyl (C=O) groups excluding carboxylic acids is 2. The van der Waals surface area contributed by atoms with Gasteiger partial charge in [0.15, 0.2) is 11.5 Å². The van der Waals surface area contributed by atoms with Crippen molar-refractivity contribution >= 4 is 17.5 Å². The molecule has 4 rings (SSSR count). The van der Waals surface area contributed by atoms with Crippen LogP contribution >= 0.6 is 0 Å². The lowest BCUT2D eigenvalue weighted by atomic mass is 9.90. The van der Waals surface area contributed by atoms with Crippen molar-refractivity contribution in [2.45, 2.75) is 18.8 Å². The number of ether oxygens (including phenoxy) is 2. The number of nitrogens with one attached hydrogen (secondary N) is 2. The molecule has 0 aliphatic carbocycles. The SMILES string of the molecule is O=C1C[C@@H](C(=O)NCCc2ccc3c(c2)OCO3)c2ccccc2N1. The van der Waals surface area contributed by atoms with Crippen LogP contribution in [0.4, 0.5) is 5.69 Å². The van der Waals surface area contributed by atoms with Gasteiger partial charge in [0.25, 0.3) is 0 Å². The highest BCUT2D eigenvalue weighted by atomic mass is 16.7. The second kappa shape index (κ2) is 6.47. The Balaban J connectivity index is 1.39. The molecule has 0 saturated carbocycles. The van der Waals surface area contributed by atoms with Gasteiger partial charge in [0, 0.05) is 18.7 Å². The molecule has 0 aromatic heterocycles. The van der Waals surface area contributed by atoms with E-state index in [4.69, 9.17) is 9.47 Å². The van der Waals surface area contributed by atoms with Gasteiger partial charge in [-0.2, -0.15) is 0 Å². The van der Waals surface area contributed by atoms with Gasteiger partial charge < -0.3 is 20.1 Å². The van der Waals surface area contributed by atoms with E-state index in [-0.39, 0.29) is 25.0 Å². The quantitative estimate of drug-likeness (QED) is 0.896. The predicted molar refractivity (Wildman–Crippen MR) is 91.7 cm³/mol. The number of carbonyl (C=O) groups is 2. The van der Waals surface area contributed by atoms with Gasteiger partial charge in [-0.1, -0.05) is 24.3 Å². The molecular weight excluding hydrogens is 320 g/mol. The van der Waals surface area contributed by atoms with Gasteiger partial charge in [-0.15, -0.1) is 0 Å². The highest BCUT2D eigenvalue weighted by Gasteiger charge is 2.30. The standard InChI is InChI=1S/C19H18N2O4/c22-18-10-14(13-3-1-2-4-15(13)21-18)19(23)20-8-7-12-5-6-16-17(9-12)25-11-24-16/h1-6,9,14H,7-8,10-11H2,(H,20,23)(H,21,22)/t14-/m1/s1. The van der Waals surface area contributed by atoms with Crippen molar-refractivity contribution in [2.24, 2.45) is 0 Å². The molecule has 1 atom stereocenters. The molecule has 0 radical (unpaired) electrons. The number of rotatable bonds is 4. The van der Waals surface area contributed by atoms with Crippen LogP contribution in [-0.4, -0.2) is 25.2 Å². The zero-order chi connectivity index (χ0) is 17.2. The Morgan fingerprint density at radius 3 is 2.92 bits per heavy atom. The van der Waals surface area contributed by atoms with Gasteiger partial charge in [0.05, 0.1) is 5.92 Å². The molecule has 0 spiro atoms. The molecule has 2 N–H and O–H groups in total. The summed E-state index contributed by atoms with van der Waals surface area (Å²) in [5, 5.41) is 5.74. The number of hydrogen-bond donors (Lipinski definition) is 2. The number of amides is 2. The van der Waals surface area contributed by atoms with Gasteiger partial charge in [0.1, 0.15) is 0 Å². The Hall–Kier alpha value is -3.02. The number of fused-ring (bicyclic) bond motifs is 2. The summed E-state index contributed by atoms with van der Waals surface area (Å²) in [6.07, 6.45) is 0.857. The number of para-hydroxylation sites is 1. The lowest BCUT2D eigenvalue weighted by molar-refractivity contribution is -0.126. The first kappa shape index (κ1) is 15.5. The molecule has 128 valence electrons. The van der Waals surface area contributed by atoms with Gasteiger partial charge in [-0.25, -0.2) is 0 Å². The molecule has 2 heterocycles. The van der Waals surface area contributed by atoms with Crippen LogP contribution in [0.15, 0.2) is 42.5 Å². The van der Waals surface area contributed by atoms with Crippen LogP contribution in [0.5, 0.6) is 11.5 Å². The van der Waals surface area contributed by atoms with Crippen molar-refractivity contribution < 1.29 is 19.1 Å². The molecule has 2 aliphatic rings. The van der Waals surface area contributed by atoms with Crippen molar-refractivity contribution in [3.05, 3.63) is 53.6 Å². The zero-order valence-electron chi connectivity index (χ0n) is 13.6. The maximum atomic E-state index is 12.5. The van der Waals surface area contributed by atoms with Crippen LogP contribution in [0.2, 0.25) is 0 Å². The lowest BCUT2D eigenvalue weighted by Crippen LogP contribution is -2.35. The second-order valence-electron chi connectivity index (χ2n) is 6.12. The summed E-state index contributed by atoms with van der Waals surface area (Å²) in [5.41, 5.74) is 2.64. The van der Waals surface area contributed by atoms with Crippen LogP contribution in [0, 0.1) is 0 Å². The third kappa shape index (κ3) is 3.15. The summed E-state index contributed by atoms with van der Waals surface area (Å²) in [6, 6.07) is 13.2. The third-order valence-corrected chi connectivity index (χ3v) is 4.47. The molecular formula is C19H18N2O4. The molecule has 25 heavy (non-hydrogen) atoms. The predicted octanol–water partition coefficient (Wildman–Crippen LogP) is 2.20. The molecule has 0 saturated heterocycles. The molecule has 2 aromatic rings. The largest absolute Gasteiger partial charge is 0.454 e. The van der Waals surface area contributed by atoms with Crippen LogP contribution in [-0.2, 0) is 16.0 Å². The molecule has 0 unspecified atom stereocenters. The first-order valence-corrected chi connectivity index (χ1v) is 8.26. The van der Waals surface area contributed by atoms with Crippen molar-refractivity contribution in [1.82, 2.24) is 5.32 Å². The van der Waals surface area contributed by atoms with Crippen molar-refractivity contribution in [3.63, 3.8) is 0 Å². The monoisotopic (exact) mass is 338 g/mol. The van der Waals surface area contributed by atoms with Crippen molar-refractivity contribution in [3.8, 4) is 11.5 Å². The molecule has 2 aromatic carbocycles. The molecule has 2 amide bonds. The van der Waals surface area contributed by atoms with Gasteiger partial charge in [-0.3, -0.25) is 9.59 Å². The minimum atomic E-state index is -0.443. The molecule has 6 nitrogen and oxygen atoms in total. The minimum Gasteiger partial charge on any atom is -0.454 e. The first-order valence-electron chi connectivity index (χ1n) is 8.26. The maximum Gasteiger partial charge on any atom is 0.231 e. The summed E-state index contributed by atoms with van der Waals surface area (Å²) >= 11 is 0. The highest BCUT2D eigenvalue weighted by Crippen LogP contribution is 2.33. The molecule has 0 fully saturated rings. The summed E-state index contributed by atoms with van der Waals surface area (Å²) in [4.78, 5) is 24.4. The van der Waals surface area contributed by atoms with Gasteiger partial charge in [0.2, 0.25) is 18.6 Å².